The van der Waals surface area contributed by atoms with Gasteiger partial charge in [-0.05, 0) is 18.2 Å². The van der Waals surface area contributed by atoms with Crippen LogP contribution in [0.2, 0.25) is 0 Å². The lowest BCUT2D eigenvalue weighted by atomic mass is 10.1. The van der Waals surface area contributed by atoms with Crippen molar-refractivity contribution in [1.82, 2.24) is 9.97 Å². The quantitative estimate of drug-likeness (QED) is 0.780. The monoisotopic (exact) mass is 322 g/mol. The highest BCUT2D eigenvalue weighted by molar-refractivity contribution is 5.93. The number of halogens is 1. The lowest BCUT2D eigenvalue weighted by Crippen LogP contribution is -2.15. The van der Waals surface area contributed by atoms with E-state index in [4.69, 9.17) is 14.7 Å². The Kier molecular flexibility index (Phi) is 3.35. The fourth-order valence-electron chi connectivity index (χ4n) is 2.53. The van der Waals surface area contributed by atoms with Gasteiger partial charge in [0.25, 0.3) is 0 Å². The summed E-state index contributed by atoms with van der Waals surface area (Å²) >= 11 is 0. The second-order valence-electron chi connectivity index (χ2n) is 5.14. The average Bonchev–Trinajstić information content (AvgIpc) is 2.62. The molecule has 7 heteroatoms. The zero-order valence-corrected chi connectivity index (χ0v) is 12.4. The van der Waals surface area contributed by atoms with E-state index in [1.54, 1.807) is 24.3 Å². The topological polar surface area (TPSA) is 80.1 Å². The van der Waals surface area contributed by atoms with Crippen LogP contribution in [0.25, 0.3) is 10.9 Å². The van der Waals surface area contributed by atoms with E-state index in [0.717, 1.165) is 0 Å². The molecule has 118 valence electrons. The Hall–Kier alpha value is -3.40. The summed E-state index contributed by atoms with van der Waals surface area (Å²) < 4.78 is 25.4. The van der Waals surface area contributed by atoms with Crippen molar-refractivity contribution in [3.63, 3.8) is 0 Å². The summed E-state index contributed by atoms with van der Waals surface area (Å²) in [5.74, 6) is 1.02. The summed E-state index contributed by atoms with van der Waals surface area (Å²) in [6.45, 7) is 0.953. The molecule has 3 aromatic rings. The molecular weight excluding hydrogens is 311 g/mol. The number of nitriles is 1. The predicted octanol–water partition coefficient (Wildman–Crippen LogP) is 3.16. The Morgan fingerprint density at radius 3 is 2.71 bits per heavy atom. The standard InChI is InChI=1S/C17H11FN4O2/c18-16-10(8-19)2-1-3-12(16)22-17-11-6-14-15(24-5-4-23-14)7-13(11)20-9-21-17/h1-3,6-7,9H,4-5H2,(H,20,21,22). The van der Waals surface area contributed by atoms with Crippen LogP contribution in [0, 0.1) is 17.1 Å². The number of anilines is 2. The van der Waals surface area contributed by atoms with Crippen LogP contribution in [0.3, 0.4) is 0 Å². The van der Waals surface area contributed by atoms with Crippen LogP contribution in [0.4, 0.5) is 15.9 Å². The van der Waals surface area contributed by atoms with Crippen molar-refractivity contribution in [2.45, 2.75) is 0 Å². The van der Waals surface area contributed by atoms with Gasteiger partial charge in [-0.2, -0.15) is 5.26 Å². The molecule has 0 saturated carbocycles. The molecule has 0 amide bonds. The van der Waals surface area contributed by atoms with Gasteiger partial charge in [0.1, 0.15) is 31.4 Å². The maximum absolute atomic E-state index is 14.3. The van der Waals surface area contributed by atoms with E-state index in [9.17, 15) is 4.39 Å². The highest BCUT2D eigenvalue weighted by atomic mass is 19.1. The van der Waals surface area contributed by atoms with E-state index in [1.165, 1.54) is 12.4 Å². The highest BCUT2D eigenvalue weighted by Gasteiger charge is 2.16. The van der Waals surface area contributed by atoms with Crippen molar-refractivity contribution in [2.75, 3.05) is 18.5 Å². The van der Waals surface area contributed by atoms with Crippen molar-refractivity contribution in [3.05, 3.63) is 48.0 Å². The van der Waals surface area contributed by atoms with Gasteiger partial charge in [0, 0.05) is 11.5 Å². The first-order chi connectivity index (χ1) is 11.8. The number of fused-ring (bicyclic) bond motifs is 2. The molecule has 1 aliphatic heterocycles. The Morgan fingerprint density at radius 1 is 1.12 bits per heavy atom. The van der Waals surface area contributed by atoms with Gasteiger partial charge in [-0.25, -0.2) is 14.4 Å². The number of hydrogen-bond donors (Lipinski definition) is 1. The second kappa shape index (κ2) is 5.66. The molecular formula is C17H11FN4O2. The van der Waals surface area contributed by atoms with Gasteiger partial charge in [-0.1, -0.05) is 6.07 Å². The lowest BCUT2D eigenvalue weighted by molar-refractivity contribution is 0.172. The molecule has 1 N–H and O–H groups in total. The Morgan fingerprint density at radius 2 is 1.92 bits per heavy atom. The molecule has 0 bridgehead atoms. The maximum atomic E-state index is 14.3. The van der Waals surface area contributed by atoms with Crippen LogP contribution in [0.15, 0.2) is 36.7 Å². The summed E-state index contributed by atoms with van der Waals surface area (Å²) in [6.07, 6.45) is 1.38. The third-order valence-corrected chi connectivity index (χ3v) is 3.67. The van der Waals surface area contributed by atoms with E-state index in [-0.39, 0.29) is 11.3 Å². The van der Waals surface area contributed by atoms with Gasteiger partial charge in [0.15, 0.2) is 17.3 Å². The molecule has 1 aliphatic rings. The SMILES string of the molecule is N#Cc1cccc(Nc2ncnc3cc4c(cc23)OCCO4)c1F. The molecule has 4 rings (SSSR count). The van der Waals surface area contributed by atoms with E-state index in [1.807, 2.05) is 6.07 Å². The van der Waals surface area contributed by atoms with Crippen LogP contribution in [-0.4, -0.2) is 23.2 Å². The molecule has 0 aliphatic carbocycles. The number of nitrogens with zero attached hydrogens (tertiary/aromatic N) is 3. The average molecular weight is 322 g/mol. The number of benzene rings is 2. The third-order valence-electron chi connectivity index (χ3n) is 3.67. The summed E-state index contributed by atoms with van der Waals surface area (Å²) in [5.41, 5.74) is 0.782. The fourth-order valence-corrected chi connectivity index (χ4v) is 2.53. The van der Waals surface area contributed by atoms with Crippen LogP contribution in [0.5, 0.6) is 11.5 Å². The van der Waals surface area contributed by atoms with Crippen molar-refractivity contribution < 1.29 is 13.9 Å². The molecule has 24 heavy (non-hydrogen) atoms. The Bertz CT molecular complexity index is 984. The molecule has 2 aromatic carbocycles. The molecule has 1 aromatic heterocycles. The number of hydrogen-bond acceptors (Lipinski definition) is 6. The molecule has 0 saturated heterocycles. The van der Waals surface area contributed by atoms with Crippen molar-refractivity contribution in [3.8, 4) is 17.6 Å². The second-order valence-corrected chi connectivity index (χ2v) is 5.14. The van der Waals surface area contributed by atoms with Crippen molar-refractivity contribution in [1.29, 1.82) is 5.26 Å². The highest BCUT2D eigenvalue weighted by Crippen LogP contribution is 2.36. The maximum Gasteiger partial charge on any atom is 0.164 e. The van der Waals surface area contributed by atoms with Crippen LogP contribution in [-0.2, 0) is 0 Å². The van der Waals surface area contributed by atoms with Gasteiger partial charge in [0.05, 0.1) is 16.8 Å². The first kappa shape index (κ1) is 14.2. The predicted molar refractivity (Wildman–Crippen MR) is 84.9 cm³/mol. The van der Waals surface area contributed by atoms with E-state index in [0.29, 0.717) is 41.4 Å². The van der Waals surface area contributed by atoms with Crippen molar-refractivity contribution in [2.24, 2.45) is 0 Å². The third kappa shape index (κ3) is 2.34. The first-order valence-electron chi connectivity index (χ1n) is 7.26. The minimum atomic E-state index is -0.621. The Labute approximate surface area is 136 Å². The molecule has 0 fully saturated rings. The number of rotatable bonds is 2. The first-order valence-corrected chi connectivity index (χ1v) is 7.26. The number of aromatic nitrogens is 2. The minimum absolute atomic E-state index is 0.0347. The normalized spacial score (nSPS) is 12.7. The minimum Gasteiger partial charge on any atom is -0.486 e. The molecule has 2 heterocycles. The number of nitrogens with one attached hydrogen (secondary N) is 1. The summed E-state index contributed by atoms with van der Waals surface area (Å²) in [7, 11) is 0. The van der Waals surface area contributed by atoms with Gasteiger partial charge < -0.3 is 14.8 Å². The molecule has 0 radical (unpaired) electrons. The van der Waals surface area contributed by atoms with E-state index >= 15 is 0 Å². The zero-order valence-electron chi connectivity index (χ0n) is 12.4. The summed E-state index contributed by atoms with van der Waals surface area (Å²) in [4.78, 5) is 8.39. The molecule has 0 unspecified atom stereocenters. The van der Waals surface area contributed by atoms with Gasteiger partial charge in [0.2, 0.25) is 0 Å². The van der Waals surface area contributed by atoms with E-state index in [2.05, 4.69) is 15.3 Å². The van der Waals surface area contributed by atoms with Crippen molar-refractivity contribution >= 4 is 22.4 Å². The van der Waals surface area contributed by atoms with Crippen LogP contribution < -0.4 is 14.8 Å². The van der Waals surface area contributed by atoms with Gasteiger partial charge in [-0.3, -0.25) is 0 Å². The van der Waals surface area contributed by atoms with E-state index < -0.39 is 5.82 Å². The number of ether oxygens (including phenoxy) is 2. The van der Waals surface area contributed by atoms with Gasteiger partial charge in [-0.15, -0.1) is 0 Å². The van der Waals surface area contributed by atoms with Crippen LogP contribution in [0.1, 0.15) is 5.56 Å². The van der Waals surface area contributed by atoms with Crippen LogP contribution >= 0.6 is 0 Å². The zero-order chi connectivity index (χ0) is 16.5. The molecule has 0 spiro atoms. The summed E-state index contributed by atoms with van der Waals surface area (Å²) in [6, 6.07) is 9.90. The largest absolute Gasteiger partial charge is 0.486 e. The smallest absolute Gasteiger partial charge is 0.164 e. The molecule has 0 atom stereocenters. The van der Waals surface area contributed by atoms with Gasteiger partial charge >= 0.3 is 0 Å². The molecule has 6 nitrogen and oxygen atoms in total. The summed E-state index contributed by atoms with van der Waals surface area (Å²) in [5, 5.41) is 12.5. The Balaban J connectivity index is 1.81. The lowest BCUT2D eigenvalue weighted by Gasteiger charge is -2.19. The fraction of sp³-hybridized carbons (Fsp3) is 0.118.